The van der Waals surface area contributed by atoms with E-state index in [0.29, 0.717) is 12.1 Å². The molecule has 0 aliphatic rings. The summed E-state index contributed by atoms with van der Waals surface area (Å²) < 4.78 is 50.0. The van der Waals surface area contributed by atoms with Gasteiger partial charge in [-0.1, -0.05) is 65.8 Å². The number of aliphatic hydroxyl groups excluding tert-OH is 4. The lowest BCUT2D eigenvalue weighted by Crippen LogP contribution is -2.46. The summed E-state index contributed by atoms with van der Waals surface area (Å²) in [5.74, 6) is -6.92. The SMILES string of the molecule is C=C(C)C(=O)OCCO.C=CC(=O)NCCO.C=CC(=O)OCC(CO)(COC(=O)C=C)COC(=O)C=C.C=CC(=O)OCC(CO)(COCC(COC(=O)C=C)(COC(=O)C=C)COC(=O)C=C)COC(=O)C=C. The summed E-state index contributed by atoms with van der Waals surface area (Å²) >= 11 is 0. The minimum absolute atomic E-state index is 0.0282. The monoisotopic (exact) mass is 1070 g/mol. The predicted octanol–water partition coefficient (Wildman–Crippen LogP) is 0.146. The zero-order chi connectivity index (χ0) is 58.3. The number of aliphatic hydroxyl groups is 4. The van der Waals surface area contributed by atoms with Crippen LogP contribution in [0, 0.1) is 16.2 Å². The third-order valence-corrected chi connectivity index (χ3v) is 8.25. The molecule has 0 atom stereocenters. The van der Waals surface area contributed by atoms with Gasteiger partial charge in [-0.15, -0.1) is 0 Å². The predicted molar refractivity (Wildman–Crippen MR) is 265 cm³/mol. The van der Waals surface area contributed by atoms with E-state index in [9.17, 15) is 58.2 Å². The molecule has 0 fully saturated rings. The van der Waals surface area contributed by atoms with Crippen LogP contribution < -0.4 is 5.32 Å². The van der Waals surface area contributed by atoms with Crippen LogP contribution in [0.5, 0.6) is 0 Å². The highest BCUT2D eigenvalue weighted by atomic mass is 16.6. The van der Waals surface area contributed by atoms with E-state index in [1.54, 1.807) is 6.92 Å². The van der Waals surface area contributed by atoms with Gasteiger partial charge < -0.3 is 73.1 Å². The van der Waals surface area contributed by atoms with Crippen LogP contribution in [-0.4, -0.2) is 186 Å². The van der Waals surface area contributed by atoms with E-state index < -0.39 is 116 Å². The number of carbonyl (C=O) groups excluding carboxylic acids is 10. The first-order chi connectivity index (χ1) is 35.5. The van der Waals surface area contributed by atoms with Gasteiger partial charge in [0.1, 0.15) is 59.5 Å². The van der Waals surface area contributed by atoms with E-state index in [4.69, 9.17) is 52.8 Å². The Morgan fingerprint density at radius 3 is 0.853 bits per heavy atom. The van der Waals surface area contributed by atoms with Crippen LogP contribution in [0.25, 0.3) is 0 Å². The summed E-state index contributed by atoms with van der Waals surface area (Å²) in [6.45, 7) is 29.3. The minimum atomic E-state index is -1.44. The van der Waals surface area contributed by atoms with Crippen LogP contribution in [0.1, 0.15) is 6.92 Å². The summed E-state index contributed by atoms with van der Waals surface area (Å²) in [5, 5.41) is 38.3. The third kappa shape index (κ3) is 38.2. The van der Waals surface area contributed by atoms with Crippen molar-refractivity contribution in [1.29, 1.82) is 0 Å². The summed E-state index contributed by atoms with van der Waals surface area (Å²) in [7, 11) is 0. The number of rotatable bonds is 36. The van der Waals surface area contributed by atoms with Crippen molar-refractivity contribution in [2.45, 2.75) is 6.92 Å². The molecule has 0 rings (SSSR count). The van der Waals surface area contributed by atoms with Gasteiger partial charge in [-0.25, -0.2) is 43.2 Å². The minimum Gasteiger partial charge on any atom is -0.462 e. The molecule has 0 spiro atoms. The number of amides is 1. The van der Waals surface area contributed by atoms with Crippen LogP contribution in [-0.2, 0) is 95.3 Å². The molecule has 0 aromatic rings. The van der Waals surface area contributed by atoms with Gasteiger partial charge in [-0.3, -0.25) is 4.79 Å². The maximum absolute atomic E-state index is 11.7. The average molecular weight is 1070 g/mol. The maximum Gasteiger partial charge on any atom is 0.333 e. The molecule has 1 amide bonds. The van der Waals surface area contributed by atoms with E-state index in [1.807, 2.05) is 0 Å². The van der Waals surface area contributed by atoms with Crippen molar-refractivity contribution >= 4 is 59.6 Å². The second kappa shape index (κ2) is 44.6. The van der Waals surface area contributed by atoms with E-state index in [2.05, 4.69) is 75.8 Å². The molecular formula is C50H69NO24. The van der Waals surface area contributed by atoms with Crippen molar-refractivity contribution in [2.75, 3.05) is 106 Å². The van der Waals surface area contributed by atoms with E-state index in [1.165, 1.54) is 0 Å². The Balaban J connectivity index is -0.000000548. The van der Waals surface area contributed by atoms with E-state index in [0.717, 1.165) is 54.7 Å². The van der Waals surface area contributed by atoms with Gasteiger partial charge in [0.05, 0.1) is 55.9 Å². The Hall–Kier alpha value is -8.10. The van der Waals surface area contributed by atoms with Gasteiger partial charge in [-0.05, 0) is 13.0 Å². The maximum atomic E-state index is 11.7. The molecule has 0 saturated heterocycles. The zero-order valence-corrected chi connectivity index (χ0v) is 42.0. The molecule has 5 N–H and O–H groups in total. The second-order valence-corrected chi connectivity index (χ2v) is 14.7. The topological polar surface area (TPSA) is 356 Å². The largest absolute Gasteiger partial charge is 0.462 e. The lowest BCUT2D eigenvalue weighted by molar-refractivity contribution is -0.168. The third-order valence-electron chi connectivity index (χ3n) is 8.25. The number of ether oxygens (including phenoxy) is 10. The Bertz CT molecular complexity index is 1830. The van der Waals surface area contributed by atoms with Gasteiger partial charge in [-0.2, -0.15) is 0 Å². The molecule has 418 valence electrons. The van der Waals surface area contributed by atoms with Crippen LogP contribution in [0.3, 0.4) is 0 Å². The highest BCUT2D eigenvalue weighted by molar-refractivity contribution is 5.87. The molecule has 0 saturated carbocycles. The van der Waals surface area contributed by atoms with E-state index >= 15 is 0 Å². The lowest BCUT2D eigenvalue weighted by atomic mass is 9.90. The molecule has 0 unspecified atom stereocenters. The van der Waals surface area contributed by atoms with Crippen LogP contribution >= 0.6 is 0 Å². The number of carbonyl (C=O) groups is 10. The van der Waals surface area contributed by atoms with Crippen molar-refractivity contribution < 1.29 is 116 Å². The fraction of sp³-hybridized carbons (Fsp3) is 0.400. The second-order valence-electron chi connectivity index (χ2n) is 14.7. The Kier molecular flexibility index (Phi) is 43.7. The first kappa shape index (κ1) is 73.4. The van der Waals surface area contributed by atoms with Crippen molar-refractivity contribution in [3.63, 3.8) is 0 Å². The lowest BCUT2D eigenvalue weighted by Gasteiger charge is -2.34. The summed E-state index contributed by atoms with van der Waals surface area (Å²) in [6, 6.07) is 0. The van der Waals surface area contributed by atoms with Gasteiger partial charge >= 0.3 is 53.7 Å². The van der Waals surface area contributed by atoms with Crippen LogP contribution in [0.4, 0.5) is 0 Å². The number of hydrogen-bond donors (Lipinski definition) is 5. The normalized spacial score (nSPS) is 10.0. The molecule has 25 nitrogen and oxygen atoms in total. The Morgan fingerprint density at radius 2 is 0.640 bits per heavy atom. The smallest absolute Gasteiger partial charge is 0.333 e. The molecule has 0 aliphatic carbocycles. The quantitative estimate of drug-likeness (QED) is 0.0317. The number of nitrogens with one attached hydrogen (secondary N) is 1. The summed E-state index contributed by atoms with van der Waals surface area (Å²) in [5.41, 5.74) is -3.80. The van der Waals surface area contributed by atoms with Crippen molar-refractivity contribution in [1.82, 2.24) is 5.32 Å². The fourth-order valence-corrected chi connectivity index (χ4v) is 4.04. The zero-order valence-electron chi connectivity index (χ0n) is 42.0. The standard InChI is InChI=1S/C25H32O12.C14H18O7.C6H10O3.C5H9NO2/c1-6-19(27)33-14-24(11-26,15-34-20(28)7-2)12-32-13-25(16-35-21(29)8-3,17-36-22(30)9-4)18-37-23(31)10-5;1-4-11(16)19-8-14(7-15,9-20-12(17)5-2)10-21-13(18)6-3;1-5(2)6(8)9-4-3-7;1-2-5(8)6-3-4-7/h6-10,26H,1-5,11-18H2;4-6,15H,1-3,7-10H2;7H,1,3-4H2,2H3;2,7H,1,3-4H2,(H,6,8). The molecule has 0 aliphatic heterocycles. The first-order valence-electron chi connectivity index (χ1n) is 21.5. The summed E-state index contributed by atoms with van der Waals surface area (Å²) in [4.78, 5) is 112. The fourth-order valence-electron chi connectivity index (χ4n) is 4.04. The molecule has 0 radical (unpaired) electrons. The molecule has 0 aromatic carbocycles. The Morgan fingerprint density at radius 1 is 0.387 bits per heavy atom. The van der Waals surface area contributed by atoms with Crippen molar-refractivity contribution in [2.24, 2.45) is 16.2 Å². The van der Waals surface area contributed by atoms with Gasteiger partial charge in [0.15, 0.2) is 0 Å². The van der Waals surface area contributed by atoms with Gasteiger partial charge in [0.25, 0.3) is 0 Å². The first-order valence-corrected chi connectivity index (χ1v) is 21.5. The average Bonchev–Trinajstić information content (AvgIpc) is 3.43. The highest BCUT2D eigenvalue weighted by Crippen LogP contribution is 2.25. The summed E-state index contributed by atoms with van der Waals surface area (Å²) in [6.07, 6.45) is 8.48. The van der Waals surface area contributed by atoms with Crippen LogP contribution in [0.15, 0.2) is 126 Å². The van der Waals surface area contributed by atoms with Gasteiger partial charge in [0, 0.05) is 60.7 Å². The number of hydrogen-bond acceptors (Lipinski definition) is 24. The van der Waals surface area contributed by atoms with Crippen molar-refractivity contribution in [3.05, 3.63) is 126 Å². The van der Waals surface area contributed by atoms with Crippen LogP contribution in [0.2, 0.25) is 0 Å². The molecular weight excluding hydrogens is 999 g/mol. The molecule has 0 bridgehead atoms. The van der Waals surface area contributed by atoms with Crippen molar-refractivity contribution in [3.8, 4) is 0 Å². The molecule has 0 aromatic heterocycles. The molecule has 0 heterocycles. The van der Waals surface area contributed by atoms with E-state index in [-0.39, 0.29) is 58.8 Å². The van der Waals surface area contributed by atoms with Gasteiger partial charge in [0.2, 0.25) is 5.91 Å². The number of esters is 9. The molecule has 25 heteroatoms. The highest BCUT2D eigenvalue weighted by Gasteiger charge is 2.40. The Labute approximate surface area is 434 Å². The molecule has 75 heavy (non-hydrogen) atoms.